The molecule has 2 aromatic rings. The van der Waals surface area contributed by atoms with Crippen molar-refractivity contribution in [2.45, 2.75) is 0 Å². The van der Waals surface area contributed by atoms with Crippen molar-refractivity contribution >= 4 is 57.6 Å². The number of rotatable bonds is 7. The molecule has 1 saturated heterocycles. The van der Waals surface area contributed by atoms with E-state index in [-0.39, 0.29) is 37.0 Å². The molecule has 4 rings (SSSR count). The number of hydrogen-bond donors (Lipinski definition) is 2. The quantitative estimate of drug-likeness (QED) is 0.263. The van der Waals surface area contributed by atoms with Gasteiger partial charge in [-0.1, -0.05) is 30.0 Å². The van der Waals surface area contributed by atoms with Crippen LogP contribution in [0.3, 0.4) is 0 Å². The molecule has 0 aliphatic carbocycles. The molecule has 0 unspecified atom stereocenters. The Balaban J connectivity index is 1.37. The molecule has 2 aliphatic rings. The molecule has 0 aromatic heterocycles. The van der Waals surface area contributed by atoms with Gasteiger partial charge in [-0.3, -0.25) is 24.6 Å². The molecule has 0 bridgehead atoms. The van der Waals surface area contributed by atoms with Crippen LogP contribution in [0.2, 0.25) is 0 Å². The molecule has 2 amide bonds. The van der Waals surface area contributed by atoms with E-state index in [4.69, 9.17) is 21.7 Å². The summed E-state index contributed by atoms with van der Waals surface area (Å²) in [5, 5.41) is 16.6. The molecule has 12 heteroatoms. The van der Waals surface area contributed by atoms with E-state index in [1.54, 1.807) is 25.3 Å². The van der Waals surface area contributed by atoms with E-state index in [0.717, 1.165) is 5.56 Å². The molecular weight excluding hydrogens is 468 g/mol. The number of thioether (sulfide) groups is 1. The average molecular weight is 487 g/mol. The third kappa shape index (κ3) is 4.76. The largest absolute Gasteiger partial charge is 0.454 e. The van der Waals surface area contributed by atoms with E-state index in [0.29, 0.717) is 26.4 Å². The van der Waals surface area contributed by atoms with Gasteiger partial charge in [0.1, 0.15) is 10.0 Å². The van der Waals surface area contributed by atoms with Gasteiger partial charge in [0.05, 0.1) is 9.83 Å². The molecular formula is C21H18N4O6S2. The van der Waals surface area contributed by atoms with Crippen LogP contribution in [0.25, 0.3) is 6.08 Å². The van der Waals surface area contributed by atoms with Gasteiger partial charge in [0, 0.05) is 31.8 Å². The summed E-state index contributed by atoms with van der Waals surface area (Å²) >= 11 is 6.50. The van der Waals surface area contributed by atoms with Crippen molar-refractivity contribution in [3.8, 4) is 11.5 Å². The SMILES string of the molecule is CNc1ccc(C(=O)NCCN2C(=O)C(=Cc3ccc4c(c3)OCO4)SC2=S)cc1[N+](=O)[O-]. The number of fused-ring (bicyclic) bond motifs is 1. The first-order chi connectivity index (χ1) is 15.9. The normalized spacial score (nSPS) is 15.8. The molecule has 1 fully saturated rings. The minimum atomic E-state index is -0.560. The van der Waals surface area contributed by atoms with Crippen molar-refractivity contribution in [3.63, 3.8) is 0 Å². The smallest absolute Gasteiger partial charge is 0.293 e. The van der Waals surface area contributed by atoms with Crippen LogP contribution < -0.4 is 20.1 Å². The van der Waals surface area contributed by atoms with Crippen LogP contribution in [0.1, 0.15) is 15.9 Å². The predicted molar refractivity (Wildman–Crippen MR) is 127 cm³/mol. The monoisotopic (exact) mass is 486 g/mol. The number of nitro benzene ring substituents is 1. The lowest BCUT2D eigenvalue weighted by Gasteiger charge is -2.15. The van der Waals surface area contributed by atoms with Crippen molar-refractivity contribution in [2.24, 2.45) is 0 Å². The van der Waals surface area contributed by atoms with Gasteiger partial charge in [-0.15, -0.1) is 0 Å². The summed E-state index contributed by atoms with van der Waals surface area (Å²) < 4.78 is 11.0. The number of carbonyl (C=O) groups is 2. The van der Waals surface area contributed by atoms with Crippen molar-refractivity contribution < 1.29 is 24.0 Å². The zero-order valence-corrected chi connectivity index (χ0v) is 19.0. The van der Waals surface area contributed by atoms with Crippen LogP contribution in [0.5, 0.6) is 11.5 Å². The number of anilines is 1. The van der Waals surface area contributed by atoms with Gasteiger partial charge in [-0.25, -0.2) is 0 Å². The van der Waals surface area contributed by atoms with E-state index >= 15 is 0 Å². The number of hydrogen-bond acceptors (Lipinski definition) is 9. The summed E-state index contributed by atoms with van der Waals surface area (Å²) in [5.74, 6) is 0.527. The highest BCUT2D eigenvalue weighted by molar-refractivity contribution is 8.26. The standard InChI is InChI=1S/C21H18N4O6S2/c1-22-14-4-3-13(10-15(14)25(28)29)19(26)23-6-7-24-20(27)18(33-21(24)32)9-12-2-5-16-17(8-12)31-11-30-16/h2-5,8-10,22H,6-7,11H2,1H3,(H,23,26). The minimum Gasteiger partial charge on any atom is -0.454 e. The topological polar surface area (TPSA) is 123 Å². The Kier molecular flexibility index (Phi) is 6.47. The van der Waals surface area contributed by atoms with Crippen LogP contribution in [0, 0.1) is 10.1 Å². The van der Waals surface area contributed by atoms with E-state index in [2.05, 4.69) is 10.6 Å². The summed E-state index contributed by atoms with van der Waals surface area (Å²) in [5.41, 5.74) is 1.03. The maximum Gasteiger partial charge on any atom is 0.293 e. The van der Waals surface area contributed by atoms with Crippen molar-refractivity contribution in [2.75, 3.05) is 32.2 Å². The average Bonchev–Trinajstić information content (AvgIpc) is 3.37. The highest BCUT2D eigenvalue weighted by Crippen LogP contribution is 2.36. The van der Waals surface area contributed by atoms with Crippen LogP contribution in [0.4, 0.5) is 11.4 Å². The lowest BCUT2D eigenvalue weighted by Crippen LogP contribution is -2.37. The number of carbonyl (C=O) groups excluding carboxylic acids is 2. The molecule has 2 aliphatic heterocycles. The number of amides is 2. The number of nitrogens with one attached hydrogen (secondary N) is 2. The van der Waals surface area contributed by atoms with Crippen molar-refractivity contribution in [1.82, 2.24) is 10.2 Å². The van der Waals surface area contributed by atoms with Crippen molar-refractivity contribution in [3.05, 3.63) is 62.5 Å². The Morgan fingerprint density at radius 3 is 2.82 bits per heavy atom. The lowest BCUT2D eigenvalue weighted by atomic mass is 10.1. The number of thiocarbonyl (C=S) groups is 1. The molecule has 0 saturated carbocycles. The van der Waals surface area contributed by atoms with E-state index < -0.39 is 10.8 Å². The summed E-state index contributed by atoms with van der Waals surface area (Å²) in [6.07, 6.45) is 1.72. The van der Waals surface area contributed by atoms with Gasteiger partial charge in [0.15, 0.2) is 11.5 Å². The van der Waals surface area contributed by atoms with E-state index in [1.807, 2.05) is 6.07 Å². The van der Waals surface area contributed by atoms with Gasteiger partial charge in [0.2, 0.25) is 6.79 Å². The van der Waals surface area contributed by atoms with Crippen LogP contribution >= 0.6 is 24.0 Å². The summed E-state index contributed by atoms with van der Waals surface area (Å²) in [7, 11) is 1.56. The summed E-state index contributed by atoms with van der Waals surface area (Å²) in [6.45, 7) is 0.468. The Bertz CT molecular complexity index is 1200. The van der Waals surface area contributed by atoms with E-state index in [1.165, 1.54) is 34.9 Å². The number of nitrogens with zero attached hydrogens (tertiary/aromatic N) is 2. The fraction of sp³-hybridized carbons (Fsp3) is 0.190. The van der Waals surface area contributed by atoms with Gasteiger partial charge >= 0.3 is 0 Å². The number of benzene rings is 2. The Labute approximate surface area is 198 Å². The van der Waals surface area contributed by atoms with Gasteiger partial charge in [0.25, 0.3) is 17.5 Å². The third-order valence-electron chi connectivity index (χ3n) is 4.91. The van der Waals surface area contributed by atoms with Crippen LogP contribution in [-0.2, 0) is 4.79 Å². The molecule has 2 aromatic carbocycles. The second-order valence-corrected chi connectivity index (χ2v) is 8.62. The molecule has 10 nitrogen and oxygen atoms in total. The third-order valence-corrected chi connectivity index (χ3v) is 6.29. The summed E-state index contributed by atoms with van der Waals surface area (Å²) in [6, 6.07) is 9.54. The predicted octanol–water partition coefficient (Wildman–Crippen LogP) is 3.00. The fourth-order valence-corrected chi connectivity index (χ4v) is 4.57. The van der Waals surface area contributed by atoms with Gasteiger partial charge in [-0.05, 0) is 35.9 Å². The molecule has 33 heavy (non-hydrogen) atoms. The fourth-order valence-electron chi connectivity index (χ4n) is 3.27. The zero-order chi connectivity index (χ0) is 23.5. The number of nitro groups is 1. The lowest BCUT2D eigenvalue weighted by molar-refractivity contribution is -0.384. The first kappa shape index (κ1) is 22.6. The van der Waals surface area contributed by atoms with Crippen molar-refractivity contribution in [1.29, 1.82) is 0 Å². The maximum atomic E-state index is 12.8. The highest BCUT2D eigenvalue weighted by atomic mass is 32.2. The first-order valence-corrected chi connectivity index (χ1v) is 11.0. The van der Waals surface area contributed by atoms with Crippen LogP contribution in [0.15, 0.2) is 41.3 Å². The molecule has 2 N–H and O–H groups in total. The van der Waals surface area contributed by atoms with E-state index in [9.17, 15) is 19.7 Å². The molecule has 0 radical (unpaired) electrons. The maximum absolute atomic E-state index is 12.8. The molecule has 170 valence electrons. The summed E-state index contributed by atoms with van der Waals surface area (Å²) in [4.78, 5) is 37.7. The number of ether oxygens (including phenoxy) is 2. The zero-order valence-electron chi connectivity index (χ0n) is 17.3. The van der Waals surface area contributed by atoms with Gasteiger partial charge < -0.3 is 20.1 Å². The first-order valence-electron chi connectivity index (χ1n) is 9.77. The second kappa shape index (κ2) is 9.46. The Morgan fingerprint density at radius 1 is 1.27 bits per heavy atom. The molecule has 0 spiro atoms. The van der Waals surface area contributed by atoms with Crippen LogP contribution in [-0.4, -0.2) is 52.9 Å². The highest BCUT2D eigenvalue weighted by Gasteiger charge is 2.32. The second-order valence-electron chi connectivity index (χ2n) is 6.94. The Hall–Kier alpha value is -3.64. The van der Waals surface area contributed by atoms with Gasteiger partial charge in [-0.2, -0.15) is 0 Å². The Morgan fingerprint density at radius 2 is 2.06 bits per heavy atom. The minimum absolute atomic E-state index is 0.129. The molecule has 2 heterocycles. The molecule has 0 atom stereocenters.